The second kappa shape index (κ2) is 5.48. The number of hydrogen-bond donors (Lipinski definition) is 3. The molecule has 3 N–H and O–H groups in total. The summed E-state index contributed by atoms with van der Waals surface area (Å²) in [6.45, 7) is 2.01. The van der Waals surface area contributed by atoms with Crippen molar-refractivity contribution in [2.75, 3.05) is 0 Å². The van der Waals surface area contributed by atoms with Gasteiger partial charge in [-0.05, 0) is 30.9 Å². The number of carboxylic acid groups (broad SMARTS) is 1. The van der Waals surface area contributed by atoms with Crippen molar-refractivity contribution in [3.63, 3.8) is 0 Å². The van der Waals surface area contributed by atoms with E-state index in [1.165, 1.54) is 0 Å². The molecule has 1 amide bonds. The molecule has 22 heavy (non-hydrogen) atoms. The Labute approximate surface area is 128 Å². The number of aliphatic carboxylic acids is 1. The van der Waals surface area contributed by atoms with Crippen molar-refractivity contribution in [1.82, 2.24) is 10.3 Å². The number of para-hydroxylation sites is 1. The summed E-state index contributed by atoms with van der Waals surface area (Å²) >= 11 is 0. The maximum absolute atomic E-state index is 12.3. The van der Waals surface area contributed by atoms with E-state index in [0.717, 1.165) is 34.9 Å². The van der Waals surface area contributed by atoms with Gasteiger partial charge in [0.1, 0.15) is 5.54 Å². The van der Waals surface area contributed by atoms with Crippen molar-refractivity contribution < 1.29 is 14.7 Å². The minimum absolute atomic E-state index is 0.193. The molecule has 0 saturated heterocycles. The van der Waals surface area contributed by atoms with Crippen LogP contribution in [0.3, 0.4) is 0 Å². The molecule has 0 aliphatic heterocycles. The molecule has 1 saturated carbocycles. The summed E-state index contributed by atoms with van der Waals surface area (Å²) in [4.78, 5) is 27.0. The largest absolute Gasteiger partial charge is 0.480 e. The van der Waals surface area contributed by atoms with Crippen molar-refractivity contribution in [2.45, 2.75) is 44.6 Å². The van der Waals surface area contributed by atoms with Gasteiger partial charge in [-0.25, -0.2) is 4.79 Å². The van der Waals surface area contributed by atoms with E-state index < -0.39 is 11.5 Å². The van der Waals surface area contributed by atoms with Gasteiger partial charge in [0.15, 0.2) is 0 Å². The lowest BCUT2D eigenvalue weighted by molar-refractivity contribution is -0.147. The fourth-order valence-corrected chi connectivity index (χ4v) is 3.37. The average Bonchev–Trinajstić information content (AvgIpc) is 3.08. The SMILES string of the molecule is Cc1cccc2c(CC(=O)NC3(C(=O)O)CCCC3)c[nH]c12. The van der Waals surface area contributed by atoms with Gasteiger partial charge in [-0.15, -0.1) is 0 Å². The normalized spacial score (nSPS) is 16.8. The summed E-state index contributed by atoms with van der Waals surface area (Å²) in [5.74, 6) is -1.15. The van der Waals surface area contributed by atoms with Crippen LogP contribution in [-0.2, 0) is 16.0 Å². The zero-order valence-electron chi connectivity index (χ0n) is 12.6. The smallest absolute Gasteiger partial charge is 0.329 e. The first-order valence-corrected chi connectivity index (χ1v) is 7.62. The average molecular weight is 300 g/mol. The molecule has 3 rings (SSSR count). The molecule has 1 fully saturated rings. The molecule has 0 radical (unpaired) electrons. The molecular weight excluding hydrogens is 280 g/mol. The highest BCUT2D eigenvalue weighted by atomic mass is 16.4. The summed E-state index contributed by atoms with van der Waals surface area (Å²) in [6.07, 6.45) is 4.75. The highest BCUT2D eigenvalue weighted by Crippen LogP contribution is 2.30. The number of benzene rings is 1. The van der Waals surface area contributed by atoms with Crippen molar-refractivity contribution in [3.8, 4) is 0 Å². The molecule has 1 aromatic carbocycles. The highest BCUT2D eigenvalue weighted by Gasteiger charge is 2.42. The standard InChI is InChI=1S/C17H20N2O3/c1-11-5-4-6-13-12(10-18-15(11)13)9-14(20)19-17(16(21)22)7-2-3-8-17/h4-6,10,18H,2-3,7-9H2,1H3,(H,19,20)(H,21,22). The number of aromatic amines is 1. The predicted molar refractivity (Wildman–Crippen MR) is 83.7 cm³/mol. The summed E-state index contributed by atoms with van der Waals surface area (Å²) in [5, 5.41) is 13.2. The van der Waals surface area contributed by atoms with E-state index in [1.54, 1.807) is 0 Å². The number of aromatic nitrogens is 1. The first kappa shape index (κ1) is 14.6. The number of hydrogen-bond acceptors (Lipinski definition) is 2. The Hall–Kier alpha value is -2.30. The zero-order valence-corrected chi connectivity index (χ0v) is 12.6. The fourth-order valence-electron chi connectivity index (χ4n) is 3.37. The van der Waals surface area contributed by atoms with Gasteiger partial charge in [-0.1, -0.05) is 31.0 Å². The van der Waals surface area contributed by atoms with Crippen LogP contribution in [0.5, 0.6) is 0 Å². The lowest BCUT2D eigenvalue weighted by Gasteiger charge is -2.25. The summed E-state index contributed by atoms with van der Waals surface area (Å²) < 4.78 is 0. The fraction of sp³-hybridized carbons (Fsp3) is 0.412. The van der Waals surface area contributed by atoms with Crippen molar-refractivity contribution in [1.29, 1.82) is 0 Å². The minimum atomic E-state index is -1.07. The Kier molecular flexibility index (Phi) is 3.64. The summed E-state index contributed by atoms with van der Waals surface area (Å²) in [6, 6.07) is 5.95. The maximum Gasteiger partial charge on any atom is 0.329 e. The number of fused-ring (bicyclic) bond motifs is 1. The third-order valence-electron chi connectivity index (χ3n) is 4.61. The monoisotopic (exact) mass is 300 g/mol. The topological polar surface area (TPSA) is 82.2 Å². The van der Waals surface area contributed by atoms with Crippen molar-refractivity contribution in [2.24, 2.45) is 0 Å². The molecule has 0 atom stereocenters. The van der Waals surface area contributed by atoms with Crippen LogP contribution in [0.15, 0.2) is 24.4 Å². The summed E-state index contributed by atoms with van der Waals surface area (Å²) in [7, 11) is 0. The van der Waals surface area contributed by atoms with E-state index in [1.807, 2.05) is 31.3 Å². The third-order valence-corrected chi connectivity index (χ3v) is 4.61. The molecule has 1 aromatic heterocycles. The Bertz CT molecular complexity index is 727. The van der Waals surface area contributed by atoms with Crippen LogP contribution in [-0.4, -0.2) is 27.5 Å². The zero-order chi connectivity index (χ0) is 15.7. The minimum Gasteiger partial charge on any atom is -0.480 e. The molecule has 0 unspecified atom stereocenters. The first-order chi connectivity index (χ1) is 10.5. The van der Waals surface area contributed by atoms with Crippen LogP contribution in [0.25, 0.3) is 10.9 Å². The van der Waals surface area contributed by atoms with E-state index in [4.69, 9.17) is 0 Å². The molecule has 0 spiro atoms. The van der Waals surface area contributed by atoms with Crippen LogP contribution in [0.1, 0.15) is 36.8 Å². The molecule has 1 heterocycles. The Morgan fingerprint density at radius 2 is 2.05 bits per heavy atom. The molecule has 2 aromatic rings. The van der Waals surface area contributed by atoms with Crippen LogP contribution >= 0.6 is 0 Å². The van der Waals surface area contributed by atoms with E-state index in [-0.39, 0.29) is 12.3 Å². The number of rotatable bonds is 4. The van der Waals surface area contributed by atoms with Gasteiger partial charge in [0.05, 0.1) is 6.42 Å². The Balaban J connectivity index is 1.79. The van der Waals surface area contributed by atoms with Gasteiger partial charge in [-0.2, -0.15) is 0 Å². The molecule has 5 nitrogen and oxygen atoms in total. The number of aryl methyl sites for hydroxylation is 1. The number of nitrogens with one attached hydrogen (secondary N) is 2. The molecule has 0 bridgehead atoms. The van der Waals surface area contributed by atoms with Crippen LogP contribution < -0.4 is 5.32 Å². The second-order valence-electron chi connectivity index (χ2n) is 6.13. The lowest BCUT2D eigenvalue weighted by Crippen LogP contribution is -2.52. The Morgan fingerprint density at radius 3 is 2.73 bits per heavy atom. The molecular formula is C17H20N2O3. The first-order valence-electron chi connectivity index (χ1n) is 7.62. The van der Waals surface area contributed by atoms with Crippen LogP contribution in [0.2, 0.25) is 0 Å². The molecule has 116 valence electrons. The van der Waals surface area contributed by atoms with Gasteiger partial charge in [0, 0.05) is 17.1 Å². The van der Waals surface area contributed by atoms with Crippen molar-refractivity contribution >= 4 is 22.8 Å². The number of carboxylic acids is 1. The van der Waals surface area contributed by atoms with Crippen LogP contribution in [0.4, 0.5) is 0 Å². The summed E-state index contributed by atoms with van der Waals surface area (Å²) in [5.41, 5.74) is 1.98. The van der Waals surface area contributed by atoms with E-state index in [9.17, 15) is 14.7 Å². The van der Waals surface area contributed by atoms with Gasteiger partial charge < -0.3 is 15.4 Å². The predicted octanol–water partition coefficient (Wildman–Crippen LogP) is 2.53. The second-order valence-corrected chi connectivity index (χ2v) is 6.13. The number of H-pyrrole nitrogens is 1. The number of amides is 1. The molecule has 1 aliphatic rings. The molecule has 1 aliphatic carbocycles. The van der Waals surface area contributed by atoms with E-state index in [2.05, 4.69) is 10.3 Å². The maximum atomic E-state index is 12.3. The number of carbonyl (C=O) groups excluding carboxylic acids is 1. The number of carbonyl (C=O) groups is 2. The van der Waals surface area contributed by atoms with Crippen LogP contribution in [0, 0.1) is 6.92 Å². The highest BCUT2D eigenvalue weighted by molar-refractivity contribution is 5.92. The third kappa shape index (κ3) is 2.47. The Morgan fingerprint density at radius 1 is 1.32 bits per heavy atom. The van der Waals surface area contributed by atoms with Gasteiger partial charge >= 0.3 is 5.97 Å². The van der Waals surface area contributed by atoms with Crippen molar-refractivity contribution in [3.05, 3.63) is 35.5 Å². The molecule has 5 heteroatoms. The van der Waals surface area contributed by atoms with Gasteiger partial charge in [-0.3, -0.25) is 4.79 Å². The lowest BCUT2D eigenvalue weighted by atomic mass is 9.97. The quantitative estimate of drug-likeness (QED) is 0.811. The van der Waals surface area contributed by atoms with Gasteiger partial charge in [0.2, 0.25) is 5.91 Å². The van der Waals surface area contributed by atoms with E-state index in [0.29, 0.717) is 12.8 Å². The van der Waals surface area contributed by atoms with Gasteiger partial charge in [0.25, 0.3) is 0 Å². The van der Waals surface area contributed by atoms with E-state index >= 15 is 0 Å².